The van der Waals surface area contributed by atoms with Crippen molar-refractivity contribution in [2.24, 2.45) is 5.73 Å². The quantitative estimate of drug-likeness (QED) is 0.710. The topological polar surface area (TPSA) is 56.0 Å². The molecule has 1 unspecified atom stereocenters. The van der Waals surface area contributed by atoms with Crippen molar-refractivity contribution in [3.63, 3.8) is 0 Å². The van der Waals surface area contributed by atoms with Gasteiger partial charge < -0.3 is 5.73 Å². The molecule has 0 aliphatic heterocycles. The van der Waals surface area contributed by atoms with Gasteiger partial charge in [-0.2, -0.15) is 0 Å². The van der Waals surface area contributed by atoms with Crippen LogP contribution in [0.5, 0.6) is 0 Å². The fourth-order valence-corrected chi connectivity index (χ4v) is 0.804. The number of amides is 1. The third kappa shape index (κ3) is 1.78. The van der Waals surface area contributed by atoms with Crippen LogP contribution in [0.3, 0.4) is 0 Å². The standard InChI is InChI=1S/C8H9FN2O/c1-5(8(10)12)7-4-6(9)2-3-11-7/h2-5H,1H3,(H2,10,12). The summed E-state index contributed by atoms with van der Waals surface area (Å²) in [6.45, 7) is 1.59. The smallest absolute Gasteiger partial charge is 0.226 e. The molecule has 1 atom stereocenters. The average molecular weight is 168 g/mol. The summed E-state index contributed by atoms with van der Waals surface area (Å²) in [6.07, 6.45) is 1.31. The second-order valence-electron chi connectivity index (χ2n) is 2.52. The zero-order chi connectivity index (χ0) is 9.14. The summed E-state index contributed by atoms with van der Waals surface area (Å²) < 4.78 is 12.6. The summed E-state index contributed by atoms with van der Waals surface area (Å²) >= 11 is 0. The van der Waals surface area contributed by atoms with Crippen molar-refractivity contribution in [2.75, 3.05) is 0 Å². The highest BCUT2D eigenvalue weighted by atomic mass is 19.1. The van der Waals surface area contributed by atoms with E-state index in [9.17, 15) is 9.18 Å². The van der Waals surface area contributed by atoms with E-state index in [2.05, 4.69) is 4.98 Å². The summed E-state index contributed by atoms with van der Waals surface area (Å²) in [5.74, 6) is -1.46. The van der Waals surface area contributed by atoms with E-state index in [-0.39, 0.29) is 0 Å². The Kier molecular flexibility index (Phi) is 2.38. The van der Waals surface area contributed by atoms with Gasteiger partial charge in [0.05, 0.1) is 11.6 Å². The number of carbonyl (C=O) groups excluding carboxylic acids is 1. The van der Waals surface area contributed by atoms with E-state index >= 15 is 0 Å². The van der Waals surface area contributed by atoms with E-state index in [1.165, 1.54) is 18.3 Å². The van der Waals surface area contributed by atoms with Crippen molar-refractivity contribution in [1.29, 1.82) is 0 Å². The molecular weight excluding hydrogens is 159 g/mol. The lowest BCUT2D eigenvalue weighted by Crippen LogP contribution is -2.19. The first-order valence-corrected chi connectivity index (χ1v) is 3.52. The molecule has 0 saturated heterocycles. The Hall–Kier alpha value is -1.45. The van der Waals surface area contributed by atoms with Crippen molar-refractivity contribution in [1.82, 2.24) is 4.98 Å². The molecule has 2 N–H and O–H groups in total. The van der Waals surface area contributed by atoms with Gasteiger partial charge in [0.1, 0.15) is 5.82 Å². The van der Waals surface area contributed by atoms with E-state index in [1.54, 1.807) is 6.92 Å². The van der Waals surface area contributed by atoms with Crippen LogP contribution < -0.4 is 5.73 Å². The number of rotatable bonds is 2. The molecule has 1 aromatic rings. The maximum atomic E-state index is 12.6. The Morgan fingerprint density at radius 1 is 1.75 bits per heavy atom. The second kappa shape index (κ2) is 3.30. The number of halogens is 1. The second-order valence-corrected chi connectivity index (χ2v) is 2.52. The summed E-state index contributed by atoms with van der Waals surface area (Å²) in [7, 11) is 0. The molecule has 0 aromatic carbocycles. The molecule has 1 aromatic heterocycles. The molecule has 0 spiro atoms. The molecular formula is C8H9FN2O. The van der Waals surface area contributed by atoms with Crippen LogP contribution in [0.15, 0.2) is 18.3 Å². The first kappa shape index (κ1) is 8.64. The van der Waals surface area contributed by atoms with Crippen LogP contribution >= 0.6 is 0 Å². The predicted molar refractivity (Wildman–Crippen MR) is 41.8 cm³/mol. The third-order valence-electron chi connectivity index (χ3n) is 1.61. The molecule has 12 heavy (non-hydrogen) atoms. The summed E-state index contributed by atoms with van der Waals surface area (Å²) in [4.78, 5) is 14.5. The number of carbonyl (C=O) groups is 1. The number of pyridine rings is 1. The van der Waals surface area contributed by atoms with Gasteiger partial charge in [0.25, 0.3) is 0 Å². The van der Waals surface area contributed by atoms with Gasteiger partial charge in [-0.25, -0.2) is 4.39 Å². The largest absolute Gasteiger partial charge is 0.369 e. The summed E-state index contributed by atoms with van der Waals surface area (Å²) in [6, 6.07) is 2.42. The minimum absolute atomic E-state index is 0.363. The highest BCUT2D eigenvalue weighted by molar-refractivity contribution is 5.80. The van der Waals surface area contributed by atoms with Crippen LogP contribution in [-0.2, 0) is 4.79 Å². The van der Waals surface area contributed by atoms with Crippen LogP contribution in [0.25, 0.3) is 0 Å². The minimum Gasteiger partial charge on any atom is -0.369 e. The van der Waals surface area contributed by atoms with Gasteiger partial charge in [0, 0.05) is 6.20 Å². The molecule has 1 heterocycles. The maximum absolute atomic E-state index is 12.6. The monoisotopic (exact) mass is 168 g/mol. The van der Waals surface area contributed by atoms with E-state index in [4.69, 9.17) is 5.73 Å². The molecule has 0 bridgehead atoms. The fourth-order valence-electron chi connectivity index (χ4n) is 0.804. The first-order chi connectivity index (χ1) is 5.61. The molecule has 0 saturated carbocycles. The lowest BCUT2D eigenvalue weighted by atomic mass is 10.1. The molecule has 0 radical (unpaired) electrons. The normalized spacial score (nSPS) is 12.5. The highest BCUT2D eigenvalue weighted by Crippen LogP contribution is 2.11. The molecule has 1 amide bonds. The van der Waals surface area contributed by atoms with Gasteiger partial charge in [-0.15, -0.1) is 0 Å². The van der Waals surface area contributed by atoms with Gasteiger partial charge in [-0.1, -0.05) is 0 Å². The number of hydrogen-bond donors (Lipinski definition) is 1. The minimum atomic E-state index is -0.541. The predicted octanol–water partition coefficient (Wildman–Crippen LogP) is 0.809. The van der Waals surface area contributed by atoms with Crippen LogP contribution in [0.4, 0.5) is 4.39 Å². The molecule has 0 fully saturated rings. The van der Waals surface area contributed by atoms with E-state index in [1.807, 2.05) is 0 Å². The van der Waals surface area contributed by atoms with Gasteiger partial charge in [-0.3, -0.25) is 9.78 Å². The summed E-state index contributed by atoms with van der Waals surface area (Å²) in [5.41, 5.74) is 5.38. The SMILES string of the molecule is CC(C(N)=O)c1cc(F)ccn1. The van der Waals surface area contributed by atoms with E-state index in [0.29, 0.717) is 5.69 Å². The van der Waals surface area contributed by atoms with Crippen LogP contribution in [0.2, 0.25) is 0 Å². The zero-order valence-electron chi connectivity index (χ0n) is 6.62. The Morgan fingerprint density at radius 2 is 2.42 bits per heavy atom. The number of aromatic nitrogens is 1. The Labute approximate surface area is 69.4 Å². The Balaban J connectivity index is 2.95. The van der Waals surface area contributed by atoms with Crippen LogP contribution in [0, 0.1) is 5.82 Å². The van der Waals surface area contributed by atoms with Crippen molar-refractivity contribution < 1.29 is 9.18 Å². The Bertz CT molecular complexity index is 301. The Morgan fingerprint density at radius 3 is 2.92 bits per heavy atom. The van der Waals surface area contributed by atoms with E-state index < -0.39 is 17.6 Å². The zero-order valence-corrected chi connectivity index (χ0v) is 6.62. The lowest BCUT2D eigenvalue weighted by molar-refractivity contribution is -0.119. The van der Waals surface area contributed by atoms with Crippen molar-refractivity contribution in [2.45, 2.75) is 12.8 Å². The van der Waals surface area contributed by atoms with Gasteiger partial charge >= 0.3 is 0 Å². The van der Waals surface area contributed by atoms with Crippen molar-refractivity contribution in [3.8, 4) is 0 Å². The van der Waals surface area contributed by atoms with Crippen molar-refractivity contribution in [3.05, 3.63) is 29.8 Å². The number of nitrogens with two attached hydrogens (primary N) is 1. The fraction of sp³-hybridized carbons (Fsp3) is 0.250. The van der Waals surface area contributed by atoms with Gasteiger partial charge in [-0.05, 0) is 19.1 Å². The molecule has 0 aliphatic rings. The lowest BCUT2D eigenvalue weighted by Gasteiger charge is -2.04. The van der Waals surface area contributed by atoms with Gasteiger partial charge in [0.2, 0.25) is 5.91 Å². The van der Waals surface area contributed by atoms with Crippen molar-refractivity contribution >= 4 is 5.91 Å². The molecule has 64 valence electrons. The number of nitrogens with zero attached hydrogens (tertiary/aromatic N) is 1. The van der Waals surface area contributed by atoms with Crippen LogP contribution in [-0.4, -0.2) is 10.9 Å². The highest BCUT2D eigenvalue weighted by Gasteiger charge is 2.12. The molecule has 3 nitrogen and oxygen atoms in total. The van der Waals surface area contributed by atoms with E-state index in [0.717, 1.165) is 0 Å². The number of hydrogen-bond acceptors (Lipinski definition) is 2. The third-order valence-corrected chi connectivity index (χ3v) is 1.61. The maximum Gasteiger partial charge on any atom is 0.226 e. The average Bonchev–Trinajstić information content (AvgIpc) is 2.03. The first-order valence-electron chi connectivity index (χ1n) is 3.52. The molecule has 4 heteroatoms. The molecule has 1 rings (SSSR count). The summed E-state index contributed by atoms with van der Waals surface area (Å²) in [5, 5.41) is 0. The molecule has 0 aliphatic carbocycles. The van der Waals surface area contributed by atoms with Crippen LogP contribution in [0.1, 0.15) is 18.5 Å². The van der Waals surface area contributed by atoms with Gasteiger partial charge in [0.15, 0.2) is 0 Å². The number of primary amides is 1.